The van der Waals surface area contributed by atoms with Crippen LogP contribution < -0.4 is 5.73 Å². The lowest BCUT2D eigenvalue weighted by Crippen LogP contribution is -2.00. The van der Waals surface area contributed by atoms with Crippen LogP contribution in [0.5, 0.6) is 5.75 Å². The Morgan fingerprint density at radius 1 is 1.38 bits per heavy atom. The van der Waals surface area contributed by atoms with E-state index >= 15 is 0 Å². The van der Waals surface area contributed by atoms with Crippen molar-refractivity contribution >= 4 is 5.69 Å². The number of hydrogen-bond acceptors (Lipinski definition) is 4. The summed E-state index contributed by atoms with van der Waals surface area (Å²) >= 11 is 0. The lowest BCUT2D eigenvalue weighted by Gasteiger charge is -2.06. The average molecular weight is 218 g/mol. The molecule has 1 aromatic carbocycles. The molecule has 0 spiro atoms. The highest BCUT2D eigenvalue weighted by atomic mass is 16.3. The van der Waals surface area contributed by atoms with Crippen molar-refractivity contribution < 1.29 is 5.11 Å². The van der Waals surface area contributed by atoms with E-state index in [1.807, 2.05) is 18.4 Å². The first-order valence-electron chi connectivity index (χ1n) is 5.12. The molecule has 2 rings (SSSR count). The maximum absolute atomic E-state index is 9.35. The second-order valence-corrected chi connectivity index (χ2v) is 3.59. The first-order valence-corrected chi connectivity index (χ1v) is 5.12. The van der Waals surface area contributed by atoms with Crippen LogP contribution in [0.1, 0.15) is 12.7 Å². The molecule has 0 unspecified atom stereocenters. The van der Waals surface area contributed by atoms with E-state index in [-0.39, 0.29) is 5.75 Å². The van der Waals surface area contributed by atoms with Crippen LogP contribution in [0.15, 0.2) is 18.2 Å². The fraction of sp³-hybridized carbons (Fsp3) is 0.273. The molecule has 2 aromatic rings. The third-order valence-corrected chi connectivity index (χ3v) is 2.54. The molecule has 1 aromatic heterocycles. The molecule has 3 N–H and O–H groups in total. The van der Waals surface area contributed by atoms with E-state index in [4.69, 9.17) is 5.73 Å². The predicted octanol–water partition coefficient (Wildman–Crippen LogP) is 1.56. The highest BCUT2D eigenvalue weighted by Crippen LogP contribution is 2.26. The van der Waals surface area contributed by atoms with Crippen molar-refractivity contribution in [2.75, 3.05) is 5.73 Å². The summed E-state index contributed by atoms with van der Waals surface area (Å²) in [6.45, 7) is 4.74. The number of phenols is 1. The largest absolute Gasteiger partial charge is 0.506 e. The number of aryl methyl sites for hydroxylation is 1. The Morgan fingerprint density at radius 3 is 2.75 bits per heavy atom. The molecule has 0 aliphatic heterocycles. The van der Waals surface area contributed by atoms with Crippen molar-refractivity contribution in [1.82, 2.24) is 14.8 Å². The standard InChI is InChI=1S/C11H14N4O/c1-3-15-7(2)13-14-11(15)8-4-5-10(16)9(12)6-8/h4-6,16H,3,12H2,1-2H3. The molecule has 84 valence electrons. The average Bonchev–Trinajstić information content (AvgIpc) is 2.63. The number of aromatic hydroxyl groups is 1. The van der Waals surface area contributed by atoms with Crippen LogP contribution in [-0.4, -0.2) is 19.9 Å². The zero-order chi connectivity index (χ0) is 11.7. The third-order valence-electron chi connectivity index (χ3n) is 2.54. The van der Waals surface area contributed by atoms with E-state index in [1.165, 1.54) is 0 Å². The van der Waals surface area contributed by atoms with Gasteiger partial charge in [0.05, 0.1) is 5.69 Å². The first-order chi connectivity index (χ1) is 7.63. The Bertz CT molecular complexity index is 519. The Balaban J connectivity index is 2.54. The molecule has 0 amide bonds. The van der Waals surface area contributed by atoms with Gasteiger partial charge in [0, 0.05) is 12.1 Å². The summed E-state index contributed by atoms with van der Waals surface area (Å²) in [5, 5.41) is 17.5. The molecule has 5 heteroatoms. The number of rotatable bonds is 2. The maximum atomic E-state index is 9.35. The van der Waals surface area contributed by atoms with Crippen LogP contribution in [0.25, 0.3) is 11.4 Å². The van der Waals surface area contributed by atoms with Crippen molar-refractivity contribution in [2.24, 2.45) is 0 Å². The van der Waals surface area contributed by atoms with Crippen LogP contribution in [0, 0.1) is 6.92 Å². The Morgan fingerprint density at radius 2 is 2.12 bits per heavy atom. The third kappa shape index (κ3) is 1.60. The van der Waals surface area contributed by atoms with Gasteiger partial charge < -0.3 is 15.4 Å². The molecular formula is C11H14N4O. The molecule has 0 bridgehead atoms. The number of nitrogen functional groups attached to an aromatic ring is 1. The van der Waals surface area contributed by atoms with Gasteiger partial charge in [-0.05, 0) is 32.0 Å². The highest BCUT2D eigenvalue weighted by Gasteiger charge is 2.10. The number of aromatic nitrogens is 3. The van der Waals surface area contributed by atoms with Crippen molar-refractivity contribution in [3.8, 4) is 17.1 Å². The summed E-state index contributed by atoms with van der Waals surface area (Å²) in [4.78, 5) is 0. The molecular weight excluding hydrogens is 204 g/mol. The van der Waals surface area contributed by atoms with E-state index in [9.17, 15) is 5.11 Å². The zero-order valence-corrected chi connectivity index (χ0v) is 9.31. The maximum Gasteiger partial charge on any atom is 0.164 e. The van der Waals surface area contributed by atoms with Gasteiger partial charge in [0.25, 0.3) is 0 Å². The van der Waals surface area contributed by atoms with Crippen LogP contribution in [0.2, 0.25) is 0 Å². The van der Waals surface area contributed by atoms with Gasteiger partial charge in [0.2, 0.25) is 0 Å². The topological polar surface area (TPSA) is 77.0 Å². The van der Waals surface area contributed by atoms with E-state index in [0.717, 1.165) is 23.8 Å². The fourth-order valence-corrected chi connectivity index (χ4v) is 1.67. The molecule has 1 heterocycles. The summed E-state index contributed by atoms with van der Waals surface area (Å²) < 4.78 is 1.99. The number of phenolic OH excluding ortho intramolecular Hbond substituents is 1. The lowest BCUT2D eigenvalue weighted by molar-refractivity contribution is 0.478. The number of hydrogen-bond donors (Lipinski definition) is 2. The Hall–Kier alpha value is -2.04. The molecule has 0 saturated heterocycles. The molecule has 0 atom stereocenters. The van der Waals surface area contributed by atoms with Crippen LogP contribution in [0.4, 0.5) is 5.69 Å². The van der Waals surface area contributed by atoms with Crippen LogP contribution in [0.3, 0.4) is 0 Å². The molecule has 5 nitrogen and oxygen atoms in total. The van der Waals surface area contributed by atoms with Gasteiger partial charge in [-0.15, -0.1) is 10.2 Å². The highest BCUT2D eigenvalue weighted by molar-refractivity contribution is 5.66. The SMILES string of the molecule is CCn1c(C)nnc1-c1ccc(O)c(N)c1. The number of nitrogens with two attached hydrogens (primary N) is 1. The molecule has 0 fully saturated rings. The summed E-state index contributed by atoms with van der Waals surface area (Å²) in [7, 11) is 0. The van der Waals surface area contributed by atoms with Gasteiger partial charge in [-0.1, -0.05) is 0 Å². The first kappa shape index (κ1) is 10.5. The summed E-state index contributed by atoms with van der Waals surface area (Å²) in [6.07, 6.45) is 0. The Labute approximate surface area is 93.5 Å². The van der Waals surface area contributed by atoms with Gasteiger partial charge in [-0.3, -0.25) is 0 Å². The van der Waals surface area contributed by atoms with Crippen LogP contribution >= 0.6 is 0 Å². The van der Waals surface area contributed by atoms with E-state index < -0.39 is 0 Å². The second-order valence-electron chi connectivity index (χ2n) is 3.59. The van der Waals surface area contributed by atoms with Crippen LogP contribution in [-0.2, 0) is 6.54 Å². The number of benzene rings is 1. The number of anilines is 1. The summed E-state index contributed by atoms with van der Waals surface area (Å²) in [5.41, 5.74) is 6.86. The number of nitrogens with zero attached hydrogens (tertiary/aromatic N) is 3. The van der Waals surface area contributed by atoms with Gasteiger partial charge in [0.1, 0.15) is 11.6 Å². The quantitative estimate of drug-likeness (QED) is 0.592. The molecule has 0 radical (unpaired) electrons. The zero-order valence-electron chi connectivity index (χ0n) is 9.31. The summed E-state index contributed by atoms with van der Waals surface area (Å²) in [5.74, 6) is 1.72. The van der Waals surface area contributed by atoms with E-state index in [2.05, 4.69) is 10.2 Å². The van der Waals surface area contributed by atoms with E-state index in [1.54, 1.807) is 18.2 Å². The van der Waals surface area contributed by atoms with Gasteiger partial charge in [0.15, 0.2) is 5.82 Å². The van der Waals surface area contributed by atoms with Crippen molar-refractivity contribution in [1.29, 1.82) is 0 Å². The molecule has 0 saturated carbocycles. The minimum atomic E-state index is 0.0861. The van der Waals surface area contributed by atoms with Gasteiger partial charge in [-0.25, -0.2) is 0 Å². The van der Waals surface area contributed by atoms with Crippen molar-refractivity contribution in [3.63, 3.8) is 0 Å². The summed E-state index contributed by atoms with van der Waals surface area (Å²) in [6, 6.07) is 5.04. The minimum absolute atomic E-state index is 0.0861. The van der Waals surface area contributed by atoms with E-state index in [0.29, 0.717) is 5.69 Å². The van der Waals surface area contributed by atoms with Gasteiger partial charge in [-0.2, -0.15) is 0 Å². The second kappa shape index (κ2) is 3.84. The monoisotopic (exact) mass is 218 g/mol. The van der Waals surface area contributed by atoms with Crippen molar-refractivity contribution in [2.45, 2.75) is 20.4 Å². The van der Waals surface area contributed by atoms with Crippen molar-refractivity contribution in [3.05, 3.63) is 24.0 Å². The minimum Gasteiger partial charge on any atom is -0.506 e. The molecule has 0 aliphatic carbocycles. The smallest absolute Gasteiger partial charge is 0.164 e. The lowest BCUT2D eigenvalue weighted by atomic mass is 10.2. The van der Waals surface area contributed by atoms with Gasteiger partial charge >= 0.3 is 0 Å². The fourth-order valence-electron chi connectivity index (χ4n) is 1.67. The predicted molar refractivity (Wildman–Crippen MR) is 61.9 cm³/mol. The Kier molecular flexibility index (Phi) is 2.52. The molecule has 0 aliphatic rings. The molecule has 16 heavy (non-hydrogen) atoms. The normalized spacial score (nSPS) is 10.6.